The second kappa shape index (κ2) is 8.99. The molecule has 184 valence electrons. The fourth-order valence-corrected chi connectivity index (χ4v) is 5.90. The number of hydrogen-bond donors (Lipinski definition) is 2. The number of sulfonamides is 1. The Balaban J connectivity index is 1.59. The third-order valence-electron chi connectivity index (χ3n) is 6.52. The van der Waals surface area contributed by atoms with Crippen molar-refractivity contribution in [3.8, 4) is 16.9 Å². The molecule has 35 heavy (non-hydrogen) atoms. The van der Waals surface area contributed by atoms with Crippen LogP contribution in [0.5, 0.6) is 5.75 Å². The summed E-state index contributed by atoms with van der Waals surface area (Å²) in [6.45, 7) is 1.63. The van der Waals surface area contributed by atoms with E-state index in [0.717, 1.165) is 38.5 Å². The Morgan fingerprint density at radius 3 is 2.51 bits per heavy atom. The highest BCUT2D eigenvalue weighted by molar-refractivity contribution is 7.92. The summed E-state index contributed by atoms with van der Waals surface area (Å²) in [7, 11) is -4.22. The zero-order valence-electron chi connectivity index (χ0n) is 19.1. The van der Waals surface area contributed by atoms with E-state index in [2.05, 4.69) is 9.88 Å². The predicted octanol–water partition coefficient (Wildman–Crippen LogP) is 5.49. The van der Waals surface area contributed by atoms with Crippen LogP contribution >= 0.6 is 0 Å². The van der Waals surface area contributed by atoms with Crippen LogP contribution in [0.15, 0.2) is 45.9 Å². The molecule has 3 aromatic rings. The summed E-state index contributed by atoms with van der Waals surface area (Å²) in [5.74, 6) is -1.30. The molecule has 2 aliphatic carbocycles. The standard InChI is InChI=1S/C25H25FN2O6S/c1-14-20(13-27-34-14)19-11-22(23(12-21(19)26)33-17-4-2-3-5-17)28-35(31,32)24-10-16(25(29)30)8-9-18(24)15-6-7-15/h8-13,15,17,28H,2-7H2,1H3,(H,29,30). The average Bonchev–Trinajstić information content (AvgIpc) is 3.37. The number of aromatic carboxylic acids is 1. The maximum atomic E-state index is 15.1. The van der Waals surface area contributed by atoms with E-state index in [1.54, 1.807) is 13.0 Å². The number of rotatable bonds is 8. The van der Waals surface area contributed by atoms with Gasteiger partial charge in [-0.2, -0.15) is 0 Å². The minimum Gasteiger partial charge on any atom is -0.488 e. The Labute approximate surface area is 202 Å². The topological polar surface area (TPSA) is 119 Å². The first-order valence-corrected chi connectivity index (χ1v) is 13.0. The summed E-state index contributed by atoms with van der Waals surface area (Å²) in [4.78, 5) is 11.4. The molecule has 10 heteroatoms. The molecule has 0 atom stereocenters. The van der Waals surface area contributed by atoms with Crippen molar-refractivity contribution in [2.45, 2.75) is 62.4 Å². The minimum absolute atomic E-state index is 0.0575. The number of aromatic nitrogens is 1. The van der Waals surface area contributed by atoms with Gasteiger partial charge < -0.3 is 14.4 Å². The van der Waals surface area contributed by atoms with Gasteiger partial charge in [0.05, 0.1) is 28.4 Å². The third-order valence-corrected chi connectivity index (χ3v) is 7.94. The quantitative estimate of drug-likeness (QED) is 0.420. The Morgan fingerprint density at radius 1 is 1.14 bits per heavy atom. The van der Waals surface area contributed by atoms with Gasteiger partial charge in [-0.25, -0.2) is 17.6 Å². The van der Waals surface area contributed by atoms with E-state index in [0.29, 0.717) is 16.9 Å². The molecule has 0 radical (unpaired) electrons. The van der Waals surface area contributed by atoms with Gasteiger partial charge in [0.2, 0.25) is 0 Å². The Kier molecular flexibility index (Phi) is 6.00. The molecular weight excluding hydrogens is 475 g/mol. The zero-order chi connectivity index (χ0) is 24.7. The van der Waals surface area contributed by atoms with Crippen LogP contribution in [0.1, 0.15) is 66.1 Å². The van der Waals surface area contributed by atoms with Crippen molar-refractivity contribution < 1.29 is 32.0 Å². The molecule has 0 saturated heterocycles. The first-order valence-electron chi connectivity index (χ1n) is 11.5. The monoisotopic (exact) mass is 500 g/mol. The lowest BCUT2D eigenvalue weighted by Crippen LogP contribution is -2.18. The van der Waals surface area contributed by atoms with Crippen molar-refractivity contribution in [1.82, 2.24) is 5.16 Å². The molecule has 2 fully saturated rings. The number of nitrogens with zero attached hydrogens (tertiary/aromatic N) is 1. The Bertz CT molecular complexity index is 1390. The highest BCUT2D eigenvalue weighted by Gasteiger charge is 2.32. The van der Waals surface area contributed by atoms with Gasteiger partial charge in [0, 0.05) is 17.2 Å². The number of halogens is 1. The molecule has 2 N–H and O–H groups in total. The van der Waals surface area contributed by atoms with Crippen molar-refractivity contribution in [2.75, 3.05) is 4.72 Å². The number of carboxylic acids is 1. The summed E-state index contributed by atoms with van der Waals surface area (Å²) in [5, 5.41) is 13.1. The summed E-state index contributed by atoms with van der Waals surface area (Å²) in [5.41, 5.74) is 1.01. The van der Waals surface area contributed by atoms with E-state index < -0.39 is 21.8 Å². The Hall–Kier alpha value is -3.40. The fraction of sp³-hybridized carbons (Fsp3) is 0.360. The maximum absolute atomic E-state index is 15.1. The van der Waals surface area contributed by atoms with E-state index in [-0.39, 0.29) is 39.5 Å². The van der Waals surface area contributed by atoms with Crippen molar-refractivity contribution in [3.63, 3.8) is 0 Å². The number of ether oxygens (including phenoxy) is 1. The maximum Gasteiger partial charge on any atom is 0.335 e. The SMILES string of the molecule is Cc1oncc1-c1cc(NS(=O)(=O)c2cc(C(=O)O)ccc2C2CC2)c(OC2CCCC2)cc1F. The van der Waals surface area contributed by atoms with Gasteiger partial charge >= 0.3 is 5.97 Å². The van der Waals surface area contributed by atoms with Crippen LogP contribution in [-0.2, 0) is 10.0 Å². The molecule has 0 unspecified atom stereocenters. The molecule has 0 aliphatic heterocycles. The number of carboxylic acid groups (broad SMARTS) is 1. The van der Waals surface area contributed by atoms with E-state index in [1.807, 2.05) is 0 Å². The van der Waals surface area contributed by atoms with Gasteiger partial charge in [-0.15, -0.1) is 0 Å². The highest BCUT2D eigenvalue weighted by Crippen LogP contribution is 2.44. The number of carbonyl (C=O) groups is 1. The van der Waals surface area contributed by atoms with Crippen molar-refractivity contribution >= 4 is 21.7 Å². The molecule has 0 amide bonds. The van der Waals surface area contributed by atoms with Crippen molar-refractivity contribution in [3.05, 3.63) is 59.2 Å². The van der Waals surface area contributed by atoms with E-state index >= 15 is 4.39 Å². The molecule has 1 aromatic heterocycles. The average molecular weight is 501 g/mol. The number of nitrogens with one attached hydrogen (secondary N) is 1. The smallest absolute Gasteiger partial charge is 0.335 e. The molecule has 2 aromatic carbocycles. The fourth-order valence-electron chi connectivity index (χ4n) is 4.51. The molecule has 0 bridgehead atoms. The van der Waals surface area contributed by atoms with E-state index in [4.69, 9.17) is 9.26 Å². The van der Waals surface area contributed by atoms with Crippen LogP contribution in [0.2, 0.25) is 0 Å². The largest absolute Gasteiger partial charge is 0.488 e. The molecular formula is C25H25FN2O6S. The molecule has 2 saturated carbocycles. The van der Waals surface area contributed by atoms with Gasteiger partial charge in [0.25, 0.3) is 10.0 Å². The van der Waals surface area contributed by atoms with Crippen LogP contribution in [0.25, 0.3) is 11.1 Å². The normalized spacial score (nSPS) is 16.4. The molecule has 2 aliphatic rings. The lowest BCUT2D eigenvalue weighted by Gasteiger charge is -2.20. The second-order valence-corrected chi connectivity index (χ2v) is 10.7. The molecule has 5 rings (SSSR count). The zero-order valence-corrected chi connectivity index (χ0v) is 19.9. The molecule has 1 heterocycles. The predicted molar refractivity (Wildman–Crippen MR) is 126 cm³/mol. The summed E-state index contributed by atoms with van der Waals surface area (Å²) < 4.78 is 55.9. The molecule has 0 spiro atoms. The third kappa shape index (κ3) is 4.75. The van der Waals surface area contributed by atoms with E-state index in [9.17, 15) is 18.3 Å². The summed E-state index contributed by atoms with van der Waals surface area (Å²) in [6, 6.07) is 6.68. The number of aryl methyl sites for hydroxylation is 1. The van der Waals surface area contributed by atoms with Crippen LogP contribution in [-0.4, -0.2) is 30.8 Å². The minimum atomic E-state index is -4.22. The van der Waals surface area contributed by atoms with Crippen LogP contribution < -0.4 is 9.46 Å². The lowest BCUT2D eigenvalue weighted by molar-refractivity contribution is 0.0696. The number of hydrogen-bond acceptors (Lipinski definition) is 6. The van der Waals surface area contributed by atoms with Gasteiger partial charge in [-0.3, -0.25) is 4.72 Å². The van der Waals surface area contributed by atoms with Gasteiger partial charge in [-0.1, -0.05) is 11.2 Å². The van der Waals surface area contributed by atoms with Crippen molar-refractivity contribution in [2.24, 2.45) is 0 Å². The molecule has 8 nitrogen and oxygen atoms in total. The Morgan fingerprint density at radius 2 is 1.89 bits per heavy atom. The van der Waals surface area contributed by atoms with Crippen LogP contribution in [0.3, 0.4) is 0 Å². The van der Waals surface area contributed by atoms with Gasteiger partial charge in [-0.05, 0) is 75.1 Å². The van der Waals surface area contributed by atoms with Gasteiger partial charge in [0.15, 0.2) is 0 Å². The van der Waals surface area contributed by atoms with E-state index in [1.165, 1.54) is 30.5 Å². The highest BCUT2D eigenvalue weighted by atomic mass is 32.2. The first-order chi connectivity index (χ1) is 16.7. The summed E-state index contributed by atoms with van der Waals surface area (Å²) >= 11 is 0. The van der Waals surface area contributed by atoms with Crippen LogP contribution in [0.4, 0.5) is 10.1 Å². The van der Waals surface area contributed by atoms with Crippen molar-refractivity contribution in [1.29, 1.82) is 0 Å². The summed E-state index contributed by atoms with van der Waals surface area (Å²) in [6.07, 6.45) is 6.46. The number of benzene rings is 2. The lowest BCUT2D eigenvalue weighted by atomic mass is 10.1. The van der Waals surface area contributed by atoms with Crippen LogP contribution in [0, 0.1) is 12.7 Å². The number of anilines is 1. The second-order valence-electron chi connectivity index (χ2n) is 9.09. The van der Waals surface area contributed by atoms with Gasteiger partial charge in [0.1, 0.15) is 17.3 Å². The first kappa shape index (κ1) is 23.3.